The summed E-state index contributed by atoms with van der Waals surface area (Å²) >= 11 is 0. The second-order valence-electron chi connectivity index (χ2n) is 2.75. The molecule has 4 amide bonds. The molecule has 6 N–H and O–H groups in total. The topological polar surface area (TPSA) is 127 Å². The Kier molecular flexibility index (Phi) is 3.84. The fraction of sp³-hybridized carbons (Fsp3) is 0. The van der Waals surface area contributed by atoms with E-state index < -0.39 is 23.0 Å². The quantitative estimate of drug-likeness (QED) is 0.589. The molecule has 0 saturated heterocycles. The van der Waals surface area contributed by atoms with E-state index in [1.807, 2.05) is 4.72 Å². The van der Waals surface area contributed by atoms with Crippen LogP contribution < -0.4 is 21.5 Å². The van der Waals surface area contributed by atoms with Crippen LogP contribution in [0.2, 0.25) is 0 Å². The van der Waals surface area contributed by atoms with Gasteiger partial charge in [-0.3, -0.25) is 4.72 Å². The lowest BCUT2D eigenvalue weighted by atomic mass is 10.3. The molecule has 8 heteroatoms. The number of rotatable bonds is 3. The third-order valence-corrected chi connectivity index (χ3v) is 2.58. The Hall–Kier alpha value is -2.09. The molecule has 0 spiro atoms. The molecule has 1 aromatic carbocycles. The number of carbonyl (C=O) groups excluding carboxylic acids is 2. The van der Waals surface area contributed by atoms with Crippen molar-refractivity contribution in [1.82, 2.24) is 4.72 Å². The van der Waals surface area contributed by atoms with E-state index in [0.29, 0.717) is 10.6 Å². The molecule has 1 unspecified atom stereocenters. The molecule has 7 nitrogen and oxygen atoms in total. The van der Waals surface area contributed by atoms with Crippen LogP contribution in [0.3, 0.4) is 0 Å². The molecule has 0 saturated carbocycles. The first kappa shape index (κ1) is 12.0. The Morgan fingerprint density at radius 1 is 1.19 bits per heavy atom. The van der Waals surface area contributed by atoms with Gasteiger partial charge in [-0.05, 0) is 18.2 Å². The van der Waals surface area contributed by atoms with Gasteiger partial charge in [-0.15, -0.1) is 0 Å². The van der Waals surface area contributed by atoms with Crippen LogP contribution in [0.1, 0.15) is 0 Å². The molecule has 1 atom stereocenters. The van der Waals surface area contributed by atoms with Crippen LogP contribution in [0, 0.1) is 0 Å². The van der Waals surface area contributed by atoms with Crippen molar-refractivity contribution in [2.24, 2.45) is 11.5 Å². The maximum atomic E-state index is 11.4. The number of urea groups is 2. The highest BCUT2D eigenvalue weighted by Crippen LogP contribution is 2.12. The minimum atomic E-state index is -1.76. The number of hydrogen-bond acceptors (Lipinski definition) is 3. The number of carbonyl (C=O) groups is 2. The second-order valence-corrected chi connectivity index (χ2v) is 3.97. The van der Waals surface area contributed by atoms with Crippen LogP contribution in [0.15, 0.2) is 29.2 Å². The highest BCUT2D eigenvalue weighted by atomic mass is 32.2. The highest BCUT2D eigenvalue weighted by molar-refractivity contribution is 7.83. The first-order valence-electron chi connectivity index (χ1n) is 4.13. The number of nitrogens with one attached hydrogen (secondary N) is 2. The maximum Gasteiger partial charge on any atom is 0.324 e. The van der Waals surface area contributed by atoms with Crippen LogP contribution in [0.4, 0.5) is 15.3 Å². The third-order valence-electron chi connectivity index (χ3n) is 1.51. The number of hydrogen-bond donors (Lipinski definition) is 4. The van der Waals surface area contributed by atoms with Crippen molar-refractivity contribution >= 4 is 28.7 Å². The van der Waals surface area contributed by atoms with Gasteiger partial charge in [0.15, 0.2) is 11.0 Å². The van der Waals surface area contributed by atoms with Gasteiger partial charge in [0.1, 0.15) is 0 Å². The Morgan fingerprint density at radius 2 is 1.88 bits per heavy atom. The van der Waals surface area contributed by atoms with Crippen LogP contribution in [0.25, 0.3) is 0 Å². The molecule has 0 aliphatic heterocycles. The second kappa shape index (κ2) is 5.12. The van der Waals surface area contributed by atoms with Crippen molar-refractivity contribution in [2.75, 3.05) is 5.32 Å². The first-order chi connectivity index (χ1) is 7.49. The fourth-order valence-corrected chi connectivity index (χ4v) is 1.72. The zero-order valence-electron chi connectivity index (χ0n) is 8.10. The van der Waals surface area contributed by atoms with Crippen molar-refractivity contribution in [2.45, 2.75) is 4.90 Å². The van der Waals surface area contributed by atoms with Gasteiger partial charge in [0, 0.05) is 5.69 Å². The standard InChI is InChI=1S/C8H10N4O3S/c9-7(13)11-5-2-1-3-6(4-5)16(15)12-8(10)14/h1-4H,(H3,9,11,13)(H3,10,12,14). The van der Waals surface area contributed by atoms with Gasteiger partial charge in [0.05, 0.1) is 4.90 Å². The molecule has 0 bridgehead atoms. The van der Waals surface area contributed by atoms with Crippen molar-refractivity contribution in [3.63, 3.8) is 0 Å². The maximum absolute atomic E-state index is 11.4. The Morgan fingerprint density at radius 3 is 2.44 bits per heavy atom. The molecule has 1 rings (SSSR count). The Balaban J connectivity index is 2.85. The van der Waals surface area contributed by atoms with E-state index in [4.69, 9.17) is 11.5 Å². The van der Waals surface area contributed by atoms with Crippen LogP contribution in [0.5, 0.6) is 0 Å². The normalized spacial score (nSPS) is 11.5. The molecule has 0 radical (unpaired) electrons. The van der Waals surface area contributed by atoms with Crippen molar-refractivity contribution < 1.29 is 13.8 Å². The smallest absolute Gasteiger partial charge is 0.324 e. The number of anilines is 1. The van der Waals surface area contributed by atoms with Crippen molar-refractivity contribution in [3.8, 4) is 0 Å². The van der Waals surface area contributed by atoms with Gasteiger partial charge in [-0.2, -0.15) is 0 Å². The van der Waals surface area contributed by atoms with E-state index in [0.717, 1.165) is 0 Å². The summed E-state index contributed by atoms with van der Waals surface area (Å²) in [5.41, 5.74) is 10.1. The largest absolute Gasteiger partial charge is 0.351 e. The SMILES string of the molecule is NC(=O)Nc1cccc(S(=O)NC(N)=O)c1. The minimum Gasteiger partial charge on any atom is -0.351 e. The molecule has 0 heterocycles. The predicted octanol–water partition coefficient (Wildman–Crippen LogP) is -0.132. The summed E-state index contributed by atoms with van der Waals surface area (Å²) < 4.78 is 13.5. The zero-order chi connectivity index (χ0) is 12.1. The molecule has 1 aromatic rings. The first-order valence-corrected chi connectivity index (χ1v) is 5.28. The van der Waals surface area contributed by atoms with E-state index in [1.165, 1.54) is 12.1 Å². The molecule has 16 heavy (non-hydrogen) atoms. The lowest BCUT2D eigenvalue weighted by Crippen LogP contribution is -2.31. The molecule has 0 aliphatic carbocycles. The summed E-state index contributed by atoms with van der Waals surface area (Å²) in [5.74, 6) is 0. The summed E-state index contributed by atoms with van der Waals surface area (Å²) in [7, 11) is -1.76. The van der Waals surface area contributed by atoms with Crippen LogP contribution in [-0.2, 0) is 11.0 Å². The molecule has 86 valence electrons. The zero-order valence-corrected chi connectivity index (χ0v) is 8.91. The molecular weight excluding hydrogens is 232 g/mol. The van der Waals surface area contributed by atoms with E-state index in [2.05, 4.69) is 5.32 Å². The van der Waals surface area contributed by atoms with E-state index in [9.17, 15) is 13.8 Å². The number of nitrogens with two attached hydrogens (primary N) is 2. The lowest BCUT2D eigenvalue weighted by Gasteiger charge is -2.05. The molecule has 0 aliphatic rings. The molecule has 0 aromatic heterocycles. The predicted molar refractivity (Wildman–Crippen MR) is 58.8 cm³/mol. The highest BCUT2D eigenvalue weighted by Gasteiger charge is 2.06. The number of benzene rings is 1. The third kappa shape index (κ3) is 3.58. The van der Waals surface area contributed by atoms with E-state index in [-0.39, 0.29) is 0 Å². The monoisotopic (exact) mass is 242 g/mol. The van der Waals surface area contributed by atoms with Gasteiger partial charge in [-0.1, -0.05) is 6.07 Å². The summed E-state index contributed by atoms with van der Waals surface area (Å²) in [6, 6.07) is 4.42. The summed E-state index contributed by atoms with van der Waals surface area (Å²) in [5, 5.41) is 2.31. The Bertz CT molecular complexity index is 449. The van der Waals surface area contributed by atoms with Crippen LogP contribution >= 0.6 is 0 Å². The summed E-state index contributed by atoms with van der Waals surface area (Å²) in [6.45, 7) is 0. The fourth-order valence-electron chi connectivity index (χ4n) is 0.982. The number of amides is 4. The van der Waals surface area contributed by atoms with Gasteiger partial charge in [0.2, 0.25) is 0 Å². The van der Waals surface area contributed by atoms with Crippen molar-refractivity contribution in [1.29, 1.82) is 0 Å². The number of primary amides is 2. The van der Waals surface area contributed by atoms with Gasteiger partial charge in [0.25, 0.3) is 0 Å². The van der Waals surface area contributed by atoms with Gasteiger partial charge < -0.3 is 16.8 Å². The van der Waals surface area contributed by atoms with Gasteiger partial charge >= 0.3 is 12.1 Å². The average molecular weight is 242 g/mol. The average Bonchev–Trinajstić information content (AvgIpc) is 2.16. The van der Waals surface area contributed by atoms with Gasteiger partial charge in [-0.25, -0.2) is 13.8 Å². The van der Waals surface area contributed by atoms with Crippen molar-refractivity contribution in [3.05, 3.63) is 24.3 Å². The Labute approximate surface area is 93.8 Å². The molecular formula is C8H10N4O3S. The van der Waals surface area contributed by atoms with Crippen LogP contribution in [-0.4, -0.2) is 16.3 Å². The molecule has 0 fully saturated rings. The lowest BCUT2D eigenvalue weighted by molar-refractivity contribution is 0.253. The van der Waals surface area contributed by atoms with E-state index >= 15 is 0 Å². The summed E-state index contributed by atoms with van der Waals surface area (Å²) in [4.78, 5) is 21.3. The summed E-state index contributed by atoms with van der Waals surface area (Å²) in [6.07, 6.45) is 0. The minimum absolute atomic E-state index is 0.296. The van der Waals surface area contributed by atoms with E-state index in [1.54, 1.807) is 12.1 Å².